The molecule has 2 aliphatic carbocycles. The molecule has 2 aliphatic rings. The predicted octanol–water partition coefficient (Wildman–Crippen LogP) is 4.31. The average Bonchev–Trinajstić information content (AvgIpc) is 2.78. The van der Waals surface area contributed by atoms with Crippen LogP contribution in [0.3, 0.4) is 0 Å². The van der Waals surface area contributed by atoms with Crippen molar-refractivity contribution in [1.29, 1.82) is 0 Å². The zero-order chi connectivity index (χ0) is 12.4. The number of fused-ring (bicyclic) bond motifs is 1. The van der Waals surface area contributed by atoms with Crippen LogP contribution in [0.1, 0.15) is 0 Å². The molecule has 0 amide bonds. The molecule has 0 nitrogen and oxygen atoms in total. The fourth-order valence-electron chi connectivity index (χ4n) is 1.15. The van der Waals surface area contributed by atoms with Crippen LogP contribution in [0, 0.1) is 6.08 Å². The van der Waals surface area contributed by atoms with Crippen molar-refractivity contribution in [3.8, 4) is 0 Å². The van der Waals surface area contributed by atoms with Crippen molar-refractivity contribution in [3.05, 3.63) is 46.8 Å². The SMILES string of the molecule is CPC1=[C-]C2=CC=CC2=C1.C[SiH]C.[Cl][Zr][Cl]. The minimum atomic E-state index is -0.826. The van der Waals surface area contributed by atoms with E-state index in [9.17, 15) is 0 Å². The van der Waals surface area contributed by atoms with Crippen LogP contribution in [0.25, 0.3) is 0 Å². The maximum absolute atomic E-state index is 4.93. The van der Waals surface area contributed by atoms with E-state index in [0.29, 0.717) is 0 Å². The van der Waals surface area contributed by atoms with Gasteiger partial charge in [-0.25, -0.2) is 0 Å². The molecular weight excluding hydrogens is 353 g/mol. The second kappa shape index (κ2) is 11.2. The van der Waals surface area contributed by atoms with Crippen LogP contribution in [0.5, 0.6) is 0 Å². The average molecular weight is 368 g/mol. The fourth-order valence-corrected chi connectivity index (χ4v) is 1.70. The Morgan fingerprint density at radius 2 is 1.94 bits per heavy atom. The van der Waals surface area contributed by atoms with Crippen molar-refractivity contribution in [2.75, 3.05) is 6.66 Å². The molecule has 1 radical (unpaired) electrons. The third-order valence-corrected chi connectivity index (χ3v) is 2.50. The summed E-state index contributed by atoms with van der Waals surface area (Å²) in [6.07, 6.45) is 11.9. The molecule has 87 valence electrons. The zero-order valence-corrected chi connectivity index (χ0v) is 15.8. The summed E-state index contributed by atoms with van der Waals surface area (Å²) in [6.45, 7) is 6.60. The molecule has 0 aliphatic heterocycles. The molecule has 2 rings (SSSR count). The van der Waals surface area contributed by atoms with Crippen LogP contribution >= 0.6 is 25.6 Å². The van der Waals surface area contributed by atoms with E-state index in [-0.39, 0.29) is 0 Å². The molecule has 0 aromatic heterocycles. The first-order valence-electron chi connectivity index (χ1n) is 4.85. The van der Waals surface area contributed by atoms with Gasteiger partial charge in [0.2, 0.25) is 0 Å². The van der Waals surface area contributed by atoms with Gasteiger partial charge in [0.05, 0.1) is 0 Å². The Bertz CT molecular complexity index is 320. The Labute approximate surface area is 122 Å². The Morgan fingerprint density at radius 1 is 1.38 bits per heavy atom. The van der Waals surface area contributed by atoms with Crippen LogP contribution in [-0.2, 0) is 20.8 Å². The zero-order valence-electron chi connectivity index (χ0n) is 9.64. The summed E-state index contributed by atoms with van der Waals surface area (Å²) in [6, 6.07) is 0. The van der Waals surface area contributed by atoms with E-state index >= 15 is 0 Å². The molecule has 0 bridgehead atoms. The first-order chi connectivity index (χ1) is 7.73. The Hall–Kier alpha value is 1.07. The van der Waals surface area contributed by atoms with Gasteiger partial charge in [0.15, 0.2) is 0 Å². The molecule has 0 heterocycles. The van der Waals surface area contributed by atoms with Crippen LogP contribution in [0.2, 0.25) is 13.1 Å². The van der Waals surface area contributed by atoms with E-state index in [1.165, 1.54) is 16.5 Å². The van der Waals surface area contributed by atoms with E-state index < -0.39 is 20.8 Å². The van der Waals surface area contributed by atoms with E-state index in [0.717, 1.165) is 18.1 Å². The Morgan fingerprint density at radius 3 is 2.38 bits per heavy atom. The first-order valence-corrected chi connectivity index (χ1v) is 15.0. The van der Waals surface area contributed by atoms with Crippen LogP contribution in [-0.4, -0.2) is 16.2 Å². The van der Waals surface area contributed by atoms with Crippen molar-refractivity contribution in [1.82, 2.24) is 0 Å². The number of rotatable bonds is 1. The number of hydrogen-bond donors (Lipinski definition) is 0. The van der Waals surface area contributed by atoms with Crippen molar-refractivity contribution in [2.24, 2.45) is 0 Å². The van der Waals surface area contributed by atoms with Gasteiger partial charge in [0.25, 0.3) is 0 Å². The Kier molecular flexibility index (Phi) is 11.9. The Balaban J connectivity index is 0.000000321. The van der Waals surface area contributed by atoms with Gasteiger partial charge in [0.1, 0.15) is 0 Å². The summed E-state index contributed by atoms with van der Waals surface area (Å²) in [5.41, 5.74) is 2.61. The second-order valence-electron chi connectivity index (χ2n) is 2.98. The van der Waals surface area contributed by atoms with Crippen molar-refractivity contribution >= 4 is 35.1 Å². The summed E-state index contributed by atoms with van der Waals surface area (Å²) in [5.74, 6) is 0. The molecule has 0 fully saturated rings. The standard InChI is InChI=1S/C9H8P.C2H7Si.2ClH.Zr/c1-10-9-5-7-3-2-4-8(7)6-9;1-3-2;;;/h2-5,10H,1H3;3H,1-2H3;2*1H;/q-1;;;;+2/p-2. The van der Waals surface area contributed by atoms with E-state index in [4.69, 9.17) is 17.0 Å². The molecule has 5 heteroatoms. The molecule has 1 atom stereocenters. The van der Waals surface area contributed by atoms with Gasteiger partial charge in [-0.2, -0.15) is 11.6 Å². The van der Waals surface area contributed by atoms with Gasteiger partial charge in [-0.05, 0) is 6.66 Å². The first kappa shape index (κ1) is 17.1. The summed E-state index contributed by atoms with van der Waals surface area (Å²) in [7, 11) is 11.5. The maximum atomic E-state index is 4.93. The van der Waals surface area contributed by atoms with Crippen molar-refractivity contribution in [3.63, 3.8) is 0 Å². The molecule has 16 heavy (non-hydrogen) atoms. The van der Waals surface area contributed by atoms with Gasteiger partial charge in [-0.3, -0.25) is 0 Å². The van der Waals surface area contributed by atoms with E-state index in [1.807, 2.05) is 0 Å². The van der Waals surface area contributed by atoms with Gasteiger partial charge < -0.3 is 0 Å². The van der Waals surface area contributed by atoms with Gasteiger partial charge >= 0.3 is 37.9 Å². The topological polar surface area (TPSA) is 0 Å². The molecule has 0 saturated carbocycles. The summed E-state index contributed by atoms with van der Waals surface area (Å²) in [5, 5.41) is 1.35. The van der Waals surface area contributed by atoms with Gasteiger partial charge in [-0.15, -0.1) is 43.8 Å². The van der Waals surface area contributed by atoms with Crippen LogP contribution < -0.4 is 0 Å². The second-order valence-corrected chi connectivity index (χ2v) is 8.90. The fraction of sp³-hybridized carbons (Fsp3) is 0.273. The van der Waals surface area contributed by atoms with Crippen molar-refractivity contribution < 1.29 is 20.8 Å². The minimum absolute atomic E-state index is 0.750. The number of allylic oxidation sites excluding steroid dienone is 8. The summed E-state index contributed by atoms with van der Waals surface area (Å²) < 4.78 is 0. The van der Waals surface area contributed by atoms with Gasteiger partial charge in [0, 0.05) is 9.52 Å². The summed E-state index contributed by atoms with van der Waals surface area (Å²) >= 11 is -0.826. The molecule has 0 N–H and O–H groups in total. The molecular formula is C11H15Cl2PSiZr-. The predicted molar refractivity (Wildman–Crippen MR) is 76.9 cm³/mol. The molecule has 0 spiro atoms. The third-order valence-electron chi connectivity index (χ3n) is 1.69. The summed E-state index contributed by atoms with van der Waals surface area (Å²) in [4.78, 5) is 0. The number of hydrogen-bond acceptors (Lipinski definition) is 0. The van der Waals surface area contributed by atoms with Crippen LogP contribution in [0.15, 0.2) is 40.8 Å². The van der Waals surface area contributed by atoms with E-state index in [1.54, 1.807) is 0 Å². The molecule has 0 aromatic rings. The number of halogens is 2. The molecule has 0 saturated heterocycles. The molecule has 1 unspecified atom stereocenters. The van der Waals surface area contributed by atoms with Gasteiger partial charge in [-0.1, -0.05) is 13.1 Å². The monoisotopic (exact) mass is 366 g/mol. The van der Waals surface area contributed by atoms with Crippen LogP contribution in [0.4, 0.5) is 0 Å². The van der Waals surface area contributed by atoms with E-state index in [2.05, 4.69) is 50.1 Å². The quantitative estimate of drug-likeness (QED) is 0.367. The molecule has 0 aromatic carbocycles. The third kappa shape index (κ3) is 6.72. The van der Waals surface area contributed by atoms with Crippen molar-refractivity contribution in [2.45, 2.75) is 13.1 Å². The normalized spacial score (nSPS) is 15.4.